The van der Waals surface area contributed by atoms with Gasteiger partial charge in [-0.15, -0.1) is 0 Å². The zero-order chi connectivity index (χ0) is 12.2. The van der Waals surface area contributed by atoms with Gasteiger partial charge in [0.2, 0.25) is 0 Å². The van der Waals surface area contributed by atoms with Gasteiger partial charge in [-0.3, -0.25) is 9.71 Å². The van der Waals surface area contributed by atoms with Crippen LogP contribution >= 0.6 is 11.9 Å². The number of alkyl halides is 3. The lowest BCUT2D eigenvalue weighted by Crippen LogP contribution is -2.08. The molecule has 7 heteroatoms. The Balaban J connectivity index is 2.76. The lowest BCUT2D eigenvalue weighted by atomic mass is 10.2. The fraction of sp³-hybridized carbons (Fsp3) is 0.333. The maximum atomic E-state index is 12.2. The third kappa shape index (κ3) is 3.31. The normalized spacial score (nSPS) is 12.9. The largest absolute Gasteiger partial charge is 0.433 e. The number of nitrogens with zero attached hydrogens (tertiary/aromatic N) is 2. The van der Waals surface area contributed by atoms with E-state index in [1.165, 1.54) is 12.3 Å². The average molecular weight is 247 g/mol. The van der Waals surface area contributed by atoms with Gasteiger partial charge in [0.25, 0.3) is 0 Å². The Labute approximate surface area is 94.8 Å². The maximum Gasteiger partial charge on any atom is 0.433 e. The Morgan fingerprint density at radius 2 is 2.19 bits per heavy atom. The van der Waals surface area contributed by atoms with Gasteiger partial charge in [-0.1, -0.05) is 6.07 Å². The van der Waals surface area contributed by atoms with Crippen molar-refractivity contribution in [2.45, 2.75) is 18.3 Å². The first kappa shape index (κ1) is 12.6. The number of hydrogen-bond acceptors (Lipinski definition) is 4. The van der Waals surface area contributed by atoms with E-state index >= 15 is 0 Å². The Bertz CT molecular complexity index is 382. The monoisotopic (exact) mass is 247 g/mol. The second-order valence-corrected chi connectivity index (χ2v) is 4.10. The standard InChI is InChI=1S/C9H8F3N3S/c1-6(16-15-5-13)7-2-3-8(14-4-7)9(10,11)12/h2-4,6,15H,1H3. The van der Waals surface area contributed by atoms with Gasteiger partial charge in [-0.25, -0.2) is 0 Å². The number of halogens is 3. The van der Waals surface area contributed by atoms with Crippen LogP contribution in [0.1, 0.15) is 23.4 Å². The first-order chi connectivity index (χ1) is 7.45. The van der Waals surface area contributed by atoms with Crippen LogP contribution in [-0.4, -0.2) is 4.98 Å². The summed E-state index contributed by atoms with van der Waals surface area (Å²) in [5.41, 5.74) is -0.289. The number of hydrogen-bond donors (Lipinski definition) is 1. The van der Waals surface area contributed by atoms with E-state index < -0.39 is 11.9 Å². The van der Waals surface area contributed by atoms with E-state index in [2.05, 4.69) is 9.71 Å². The van der Waals surface area contributed by atoms with Crippen LogP contribution in [0.25, 0.3) is 0 Å². The second-order valence-electron chi connectivity index (χ2n) is 2.95. The third-order valence-electron chi connectivity index (χ3n) is 1.83. The Kier molecular flexibility index (Phi) is 4.01. The highest BCUT2D eigenvalue weighted by molar-refractivity contribution is 7.97. The topological polar surface area (TPSA) is 48.7 Å². The van der Waals surface area contributed by atoms with Crippen LogP contribution in [0, 0.1) is 11.5 Å². The average Bonchev–Trinajstić information content (AvgIpc) is 2.25. The smallest absolute Gasteiger partial charge is 0.266 e. The third-order valence-corrected chi connectivity index (χ3v) is 2.66. The van der Waals surface area contributed by atoms with Crippen molar-refractivity contribution in [1.82, 2.24) is 9.71 Å². The molecule has 86 valence electrons. The molecule has 1 aromatic rings. The van der Waals surface area contributed by atoms with Crippen molar-refractivity contribution in [3.05, 3.63) is 29.6 Å². The van der Waals surface area contributed by atoms with Gasteiger partial charge >= 0.3 is 6.18 Å². The summed E-state index contributed by atoms with van der Waals surface area (Å²) in [7, 11) is 0. The molecule has 0 radical (unpaired) electrons. The van der Waals surface area contributed by atoms with Crippen molar-refractivity contribution in [2.75, 3.05) is 0 Å². The molecule has 1 aromatic heterocycles. The van der Waals surface area contributed by atoms with Crippen LogP contribution in [-0.2, 0) is 6.18 Å². The molecule has 0 aliphatic rings. The molecule has 0 bridgehead atoms. The molecule has 0 aliphatic heterocycles. The zero-order valence-corrected chi connectivity index (χ0v) is 9.06. The van der Waals surface area contributed by atoms with Crippen LogP contribution in [0.2, 0.25) is 0 Å². The highest BCUT2D eigenvalue weighted by Gasteiger charge is 2.32. The van der Waals surface area contributed by atoms with Gasteiger partial charge in [-0.05, 0) is 30.5 Å². The Hall–Kier alpha value is -1.42. The molecule has 0 saturated carbocycles. The lowest BCUT2D eigenvalue weighted by Gasteiger charge is -2.10. The van der Waals surface area contributed by atoms with Crippen molar-refractivity contribution in [3.63, 3.8) is 0 Å². The van der Waals surface area contributed by atoms with Crippen LogP contribution in [0.4, 0.5) is 13.2 Å². The Morgan fingerprint density at radius 3 is 2.62 bits per heavy atom. The first-order valence-corrected chi connectivity index (χ1v) is 5.16. The molecule has 1 heterocycles. The molecule has 0 aromatic carbocycles. The Morgan fingerprint density at radius 1 is 1.50 bits per heavy atom. The number of nitriles is 1. The molecule has 0 spiro atoms. The quantitative estimate of drug-likeness (QED) is 0.507. The molecular weight excluding hydrogens is 239 g/mol. The van der Waals surface area contributed by atoms with Crippen LogP contribution in [0.3, 0.4) is 0 Å². The van der Waals surface area contributed by atoms with Crippen LogP contribution < -0.4 is 4.72 Å². The van der Waals surface area contributed by atoms with Crippen LogP contribution in [0.5, 0.6) is 0 Å². The molecule has 0 fully saturated rings. The van der Waals surface area contributed by atoms with Gasteiger partial charge in [0.15, 0.2) is 6.19 Å². The van der Waals surface area contributed by atoms with E-state index in [1.54, 1.807) is 13.1 Å². The summed E-state index contributed by atoms with van der Waals surface area (Å²) < 4.78 is 39.0. The van der Waals surface area contributed by atoms with E-state index in [0.29, 0.717) is 5.56 Å². The van der Waals surface area contributed by atoms with Crippen molar-refractivity contribution < 1.29 is 13.2 Å². The molecule has 3 nitrogen and oxygen atoms in total. The number of rotatable bonds is 3. The fourth-order valence-corrected chi connectivity index (χ4v) is 1.50. The predicted molar refractivity (Wildman–Crippen MR) is 54.0 cm³/mol. The summed E-state index contributed by atoms with van der Waals surface area (Å²) in [4.78, 5) is 3.33. The summed E-state index contributed by atoms with van der Waals surface area (Å²) in [6, 6.07) is 2.28. The minimum absolute atomic E-state index is 0.144. The molecule has 0 amide bonds. The van der Waals surface area contributed by atoms with Crippen molar-refractivity contribution in [3.8, 4) is 6.19 Å². The predicted octanol–water partition coefficient (Wildman–Crippen LogP) is 2.88. The van der Waals surface area contributed by atoms with Gasteiger partial charge < -0.3 is 0 Å². The van der Waals surface area contributed by atoms with E-state index in [0.717, 1.165) is 18.0 Å². The zero-order valence-electron chi connectivity index (χ0n) is 8.25. The van der Waals surface area contributed by atoms with Crippen LogP contribution in [0.15, 0.2) is 18.3 Å². The molecule has 1 rings (SSSR count). The summed E-state index contributed by atoms with van der Waals surface area (Å²) in [5.74, 6) is 0. The number of pyridine rings is 1. The SMILES string of the molecule is CC(SNC#N)c1ccc(C(F)(F)F)nc1. The van der Waals surface area contributed by atoms with Gasteiger partial charge in [0, 0.05) is 11.4 Å². The molecule has 1 atom stereocenters. The van der Waals surface area contributed by atoms with Crippen molar-refractivity contribution in [1.29, 1.82) is 5.26 Å². The lowest BCUT2D eigenvalue weighted by molar-refractivity contribution is -0.141. The summed E-state index contributed by atoms with van der Waals surface area (Å²) >= 11 is 1.11. The molecular formula is C9H8F3N3S. The minimum atomic E-state index is -4.42. The maximum absolute atomic E-state index is 12.2. The van der Waals surface area contributed by atoms with E-state index in [4.69, 9.17) is 5.26 Å². The highest BCUT2D eigenvalue weighted by Crippen LogP contribution is 2.30. The minimum Gasteiger partial charge on any atom is -0.266 e. The second kappa shape index (κ2) is 5.07. The molecule has 16 heavy (non-hydrogen) atoms. The summed E-state index contributed by atoms with van der Waals surface area (Å²) in [6.45, 7) is 1.76. The molecule has 0 aliphatic carbocycles. The van der Waals surface area contributed by atoms with Gasteiger partial charge in [-0.2, -0.15) is 18.4 Å². The molecule has 1 unspecified atom stereocenters. The molecule has 1 N–H and O–H groups in total. The summed E-state index contributed by atoms with van der Waals surface area (Å²) in [6.07, 6.45) is -1.53. The fourth-order valence-electron chi connectivity index (χ4n) is 0.996. The summed E-state index contributed by atoms with van der Waals surface area (Å²) in [5, 5.41) is 8.12. The molecule has 0 saturated heterocycles. The van der Waals surface area contributed by atoms with E-state index in [1.807, 2.05) is 0 Å². The van der Waals surface area contributed by atoms with E-state index in [-0.39, 0.29) is 5.25 Å². The van der Waals surface area contributed by atoms with Crippen molar-refractivity contribution >= 4 is 11.9 Å². The van der Waals surface area contributed by atoms with E-state index in [9.17, 15) is 13.2 Å². The highest BCUT2D eigenvalue weighted by atomic mass is 32.2. The van der Waals surface area contributed by atoms with Crippen molar-refractivity contribution in [2.24, 2.45) is 0 Å². The first-order valence-electron chi connectivity index (χ1n) is 4.28. The van der Waals surface area contributed by atoms with Gasteiger partial charge in [0.1, 0.15) is 5.69 Å². The number of aromatic nitrogens is 1. The number of nitrogens with one attached hydrogen (secondary N) is 1. The van der Waals surface area contributed by atoms with Gasteiger partial charge in [0.05, 0.1) is 0 Å².